The van der Waals surface area contributed by atoms with E-state index >= 15 is 0 Å². The second-order valence-corrected chi connectivity index (χ2v) is 6.14. The van der Waals surface area contributed by atoms with Crippen LogP contribution in [0.3, 0.4) is 0 Å². The largest absolute Gasteiger partial charge is 0.346 e. The van der Waals surface area contributed by atoms with Gasteiger partial charge in [-0.15, -0.1) is 0 Å². The highest BCUT2D eigenvalue weighted by Gasteiger charge is 2.46. The first kappa shape index (κ1) is 13.3. The number of hydrogen-bond donors (Lipinski definition) is 2. The van der Waals surface area contributed by atoms with Crippen molar-refractivity contribution in [2.24, 2.45) is 18.9 Å². The van der Waals surface area contributed by atoms with Crippen LogP contribution in [0, 0.1) is 11.8 Å². The highest BCUT2D eigenvalue weighted by molar-refractivity contribution is 5.41. The molecule has 2 aliphatic rings. The molecule has 1 saturated carbocycles. The average Bonchev–Trinajstić information content (AvgIpc) is 3.18. The van der Waals surface area contributed by atoms with Crippen molar-refractivity contribution in [3.8, 4) is 0 Å². The first-order valence-electron chi connectivity index (χ1n) is 7.58. The van der Waals surface area contributed by atoms with E-state index in [2.05, 4.69) is 25.1 Å². The average molecular weight is 302 g/mol. The minimum atomic E-state index is -0.213. The number of rotatable bonds is 3. The van der Waals surface area contributed by atoms with Gasteiger partial charge in [-0.1, -0.05) is 0 Å². The summed E-state index contributed by atoms with van der Waals surface area (Å²) in [6.07, 6.45) is 4.92. The van der Waals surface area contributed by atoms with Crippen LogP contribution in [-0.4, -0.2) is 31.3 Å². The van der Waals surface area contributed by atoms with Crippen LogP contribution in [0.25, 0.3) is 0 Å². The molecule has 2 atom stereocenters. The van der Waals surface area contributed by atoms with Gasteiger partial charge in [0.2, 0.25) is 0 Å². The second-order valence-electron chi connectivity index (χ2n) is 6.14. The fourth-order valence-corrected chi connectivity index (χ4v) is 3.56. The molecule has 3 heterocycles. The summed E-state index contributed by atoms with van der Waals surface area (Å²) in [4.78, 5) is 32.3. The lowest BCUT2D eigenvalue weighted by atomic mass is 9.94. The first-order chi connectivity index (χ1) is 10.6. The number of anilines is 1. The van der Waals surface area contributed by atoms with Crippen LogP contribution in [-0.2, 0) is 7.05 Å². The quantitative estimate of drug-likeness (QED) is 0.842. The molecule has 2 aromatic rings. The van der Waals surface area contributed by atoms with Crippen molar-refractivity contribution >= 4 is 5.82 Å². The van der Waals surface area contributed by atoms with E-state index in [0.717, 1.165) is 18.8 Å². The molecule has 8 heteroatoms. The van der Waals surface area contributed by atoms with Crippen LogP contribution >= 0.6 is 0 Å². The summed E-state index contributed by atoms with van der Waals surface area (Å²) in [6.45, 7) is 0.823. The Kier molecular flexibility index (Phi) is 2.91. The predicted molar refractivity (Wildman–Crippen MR) is 79.6 cm³/mol. The molecule has 8 nitrogen and oxygen atoms in total. The van der Waals surface area contributed by atoms with Crippen molar-refractivity contribution in [3.63, 3.8) is 0 Å². The van der Waals surface area contributed by atoms with Gasteiger partial charge in [0.15, 0.2) is 5.82 Å². The van der Waals surface area contributed by atoms with Gasteiger partial charge < -0.3 is 9.88 Å². The van der Waals surface area contributed by atoms with Gasteiger partial charge >= 0.3 is 5.69 Å². The van der Waals surface area contributed by atoms with Crippen LogP contribution < -0.4 is 16.1 Å². The molecule has 0 radical (unpaired) electrons. The van der Waals surface area contributed by atoms with E-state index in [1.807, 2.05) is 0 Å². The van der Waals surface area contributed by atoms with Crippen molar-refractivity contribution in [2.75, 3.05) is 11.4 Å². The molecule has 0 bridgehead atoms. The minimum absolute atomic E-state index is 0.00856. The molecule has 0 aromatic carbocycles. The topological polar surface area (TPSA) is 99.7 Å². The Hall–Kier alpha value is -2.38. The summed E-state index contributed by atoms with van der Waals surface area (Å²) in [7, 11) is 1.73. The van der Waals surface area contributed by atoms with Crippen LogP contribution in [0.15, 0.2) is 22.0 Å². The molecule has 116 valence electrons. The highest BCUT2D eigenvalue weighted by Crippen LogP contribution is 2.50. The lowest BCUT2D eigenvalue weighted by molar-refractivity contribution is 0.405. The van der Waals surface area contributed by atoms with Gasteiger partial charge in [-0.2, -0.15) is 5.10 Å². The molecule has 2 unspecified atom stereocenters. The summed E-state index contributed by atoms with van der Waals surface area (Å²) in [5.74, 6) is 2.51. The summed E-state index contributed by atoms with van der Waals surface area (Å²) in [5, 5.41) is 6.75. The van der Waals surface area contributed by atoms with E-state index in [1.165, 1.54) is 25.2 Å². The van der Waals surface area contributed by atoms with E-state index in [-0.39, 0.29) is 17.3 Å². The molecule has 0 amide bonds. The number of aromatic amines is 2. The molecule has 1 saturated heterocycles. The van der Waals surface area contributed by atoms with Crippen LogP contribution in [0.5, 0.6) is 0 Å². The monoisotopic (exact) mass is 302 g/mol. The molecule has 0 spiro atoms. The molecule has 2 N–H and O–H groups in total. The van der Waals surface area contributed by atoms with Crippen molar-refractivity contribution in [3.05, 3.63) is 39.1 Å². The fraction of sp³-hybridized carbons (Fsp3) is 0.571. The molecule has 2 aromatic heterocycles. The number of aromatic nitrogens is 5. The van der Waals surface area contributed by atoms with Crippen LogP contribution in [0.4, 0.5) is 5.82 Å². The molecule has 22 heavy (non-hydrogen) atoms. The minimum Gasteiger partial charge on any atom is -0.346 e. The zero-order valence-corrected chi connectivity index (χ0v) is 12.3. The predicted octanol–water partition coefficient (Wildman–Crippen LogP) is 0.169. The zero-order chi connectivity index (χ0) is 15.3. The molecule has 1 aliphatic carbocycles. The number of H-pyrrole nitrogens is 2. The lowest BCUT2D eigenvalue weighted by Crippen LogP contribution is -2.31. The SMILES string of the molecule is Cn1c(C2C(C3CC3)CCN2c2cc(=O)[nH]cn2)n[nH]c1=O. The molecule has 1 aliphatic heterocycles. The van der Waals surface area contributed by atoms with Gasteiger partial charge in [0.25, 0.3) is 5.56 Å². The zero-order valence-electron chi connectivity index (χ0n) is 12.3. The normalized spacial score (nSPS) is 24.9. The van der Waals surface area contributed by atoms with E-state index in [4.69, 9.17) is 0 Å². The van der Waals surface area contributed by atoms with E-state index < -0.39 is 0 Å². The van der Waals surface area contributed by atoms with Crippen LogP contribution in [0.1, 0.15) is 31.1 Å². The second kappa shape index (κ2) is 4.82. The van der Waals surface area contributed by atoms with E-state index in [9.17, 15) is 9.59 Å². The summed E-state index contributed by atoms with van der Waals surface area (Å²) < 4.78 is 1.56. The van der Waals surface area contributed by atoms with Gasteiger partial charge in [-0.3, -0.25) is 9.36 Å². The Bertz CT molecular complexity index is 802. The standard InChI is InChI=1S/C14H18N6O2/c1-19-13(17-18-14(19)22)12-9(8-2-3-8)4-5-20(12)10-6-11(21)16-7-15-10/h6-9,12H,2-5H2,1H3,(H,18,22)(H,15,16,21). The van der Waals surface area contributed by atoms with Gasteiger partial charge in [0.05, 0.1) is 12.4 Å². The third kappa shape index (κ3) is 2.06. The molecular formula is C14H18N6O2. The van der Waals surface area contributed by atoms with Gasteiger partial charge in [0, 0.05) is 19.7 Å². The summed E-state index contributed by atoms with van der Waals surface area (Å²) in [6, 6.07) is 1.50. The molecule has 4 rings (SSSR count). The number of hydrogen-bond acceptors (Lipinski definition) is 5. The first-order valence-corrected chi connectivity index (χ1v) is 7.58. The van der Waals surface area contributed by atoms with Crippen molar-refractivity contribution in [1.82, 2.24) is 24.7 Å². The third-order valence-electron chi connectivity index (χ3n) is 4.81. The third-order valence-corrected chi connectivity index (χ3v) is 4.81. The smallest absolute Gasteiger partial charge is 0.343 e. The van der Waals surface area contributed by atoms with Gasteiger partial charge in [0.1, 0.15) is 5.82 Å². The Balaban J connectivity index is 1.78. The van der Waals surface area contributed by atoms with Gasteiger partial charge in [-0.25, -0.2) is 14.9 Å². The van der Waals surface area contributed by atoms with E-state index in [1.54, 1.807) is 11.6 Å². The number of nitrogens with one attached hydrogen (secondary N) is 2. The van der Waals surface area contributed by atoms with Crippen molar-refractivity contribution in [2.45, 2.75) is 25.3 Å². The molecular weight excluding hydrogens is 284 g/mol. The Morgan fingerprint density at radius 1 is 1.27 bits per heavy atom. The maximum atomic E-state index is 11.7. The maximum absolute atomic E-state index is 11.7. The summed E-state index contributed by atoms with van der Waals surface area (Å²) >= 11 is 0. The van der Waals surface area contributed by atoms with Gasteiger partial charge in [-0.05, 0) is 31.1 Å². The Morgan fingerprint density at radius 3 is 2.73 bits per heavy atom. The highest BCUT2D eigenvalue weighted by atomic mass is 16.1. The Morgan fingerprint density at radius 2 is 2.09 bits per heavy atom. The van der Waals surface area contributed by atoms with Crippen molar-refractivity contribution < 1.29 is 0 Å². The Labute approximate surface area is 126 Å². The summed E-state index contributed by atoms with van der Waals surface area (Å²) in [5.41, 5.74) is -0.384. The van der Waals surface area contributed by atoms with Crippen LogP contribution in [0.2, 0.25) is 0 Å². The number of nitrogens with zero attached hydrogens (tertiary/aromatic N) is 4. The molecule has 2 fully saturated rings. The lowest BCUT2D eigenvalue weighted by Gasteiger charge is -2.28. The van der Waals surface area contributed by atoms with Crippen molar-refractivity contribution in [1.29, 1.82) is 0 Å². The van der Waals surface area contributed by atoms with E-state index in [0.29, 0.717) is 17.7 Å². The maximum Gasteiger partial charge on any atom is 0.343 e. The fourth-order valence-electron chi connectivity index (χ4n) is 3.56.